The molecule has 0 unspecified atom stereocenters. The zero-order valence-electron chi connectivity index (χ0n) is 14.2. The van der Waals surface area contributed by atoms with Gasteiger partial charge in [0.25, 0.3) is 0 Å². The quantitative estimate of drug-likeness (QED) is 0.617. The van der Waals surface area contributed by atoms with Gasteiger partial charge in [0.1, 0.15) is 5.82 Å². The third kappa shape index (κ3) is 5.58. The van der Waals surface area contributed by atoms with E-state index in [0.29, 0.717) is 6.10 Å². The summed E-state index contributed by atoms with van der Waals surface area (Å²) in [5.41, 5.74) is 2.48. The van der Waals surface area contributed by atoms with E-state index in [2.05, 4.69) is 29.7 Å². The lowest BCUT2D eigenvalue weighted by molar-refractivity contribution is 0.00432. The van der Waals surface area contributed by atoms with Gasteiger partial charge in [-0.25, -0.2) is 4.98 Å². The van der Waals surface area contributed by atoms with Gasteiger partial charge in [0.15, 0.2) is 0 Å². The van der Waals surface area contributed by atoms with Gasteiger partial charge in [0.05, 0.1) is 12.7 Å². The number of aromatic nitrogens is 1. The number of pyridine rings is 1. The molecule has 0 saturated heterocycles. The topological polar surface area (TPSA) is 46.2 Å². The number of unbranched alkanes of at least 4 members (excludes halogenated alkanes) is 1. The lowest BCUT2D eigenvalue weighted by Gasteiger charge is -2.25. The van der Waals surface area contributed by atoms with Crippen molar-refractivity contribution < 1.29 is 4.74 Å². The highest BCUT2D eigenvalue weighted by Gasteiger charge is 2.16. The molecule has 0 radical (unpaired) electrons. The van der Waals surface area contributed by atoms with Crippen LogP contribution in [-0.4, -0.2) is 37.8 Å². The molecule has 2 rings (SSSR count). The SMILES string of the molecule is CCc1ccc(CCCCNCCOC2CCC2)nc1NC. The van der Waals surface area contributed by atoms with Crippen molar-refractivity contribution in [2.75, 3.05) is 32.1 Å². The van der Waals surface area contributed by atoms with Crippen LogP contribution in [0.1, 0.15) is 50.3 Å². The third-order valence-corrected chi connectivity index (χ3v) is 4.38. The molecule has 1 saturated carbocycles. The maximum Gasteiger partial charge on any atom is 0.129 e. The molecular weight excluding hydrogens is 274 g/mol. The van der Waals surface area contributed by atoms with Crippen molar-refractivity contribution in [2.24, 2.45) is 0 Å². The van der Waals surface area contributed by atoms with Crippen LogP contribution < -0.4 is 10.6 Å². The van der Waals surface area contributed by atoms with Gasteiger partial charge < -0.3 is 15.4 Å². The summed E-state index contributed by atoms with van der Waals surface area (Å²) in [6.45, 7) is 5.07. The predicted molar refractivity (Wildman–Crippen MR) is 92.6 cm³/mol. The van der Waals surface area contributed by atoms with Crippen molar-refractivity contribution in [3.05, 3.63) is 23.4 Å². The molecule has 1 heterocycles. The average Bonchev–Trinajstić information content (AvgIpc) is 2.51. The maximum atomic E-state index is 5.72. The van der Waals surface area contributed by atoms with Crippen molar-refractivity contribution in [3.63, 3.8) is 0 Å². The maximum absolute atomic E-state index is 5.72. The number of ether oxygens (including phenoxy) is 1. The Morgan fingerprint density at radius 1 is 1.23 bits per heavy atom. The smallest absolute Gasteiger partial charge is 0.129 e. The van der Waals surface area contributed by atoms with E-state index in [4.69, 9.17) is 9.72 Å². The third-order valence-electron chi connectivity index (χ3n) is 4.38. The standard InChI is InChI=1S/C18H31N3O/c1-3-15-10-11-16(21-18(15)19-2)7-4-5-12-20-13-14-22-17-8-6-9-17/h10-11,17,20H,3-9,12-14H2,1-2H3,(H,19,21). The summed E-state index contributed by atoms with van der Waals surface area (Å²) in [6.07, 6.45) is 8.88. The minimum absolute atomic E-state index is 0.556. The van der Waals surface area contributed by atoms with Crippen molar-refractivity contribution in [3.8, 4) is 0 Å². The molecule has 4 nitrogen and oxygen atoms in total. The molecule has 0 bridgehead atoms. The lowest BCUT2D eigenvalue weighted by Crippen LogP contribution is -2.27. The van der Waals surface area contributed by atoms with E-state index >= 15 is 0 Å². The van der Waals surface area contributed by atoms with Gasteiger partial charge in [-0.1, -0.05) is 13.0 Å². The first-order valence-corrected chi connectivity index (χ1v) is 8.82. The normalized spacial score (nSPS) is 14.8. The molecule has 124 valence electrons. The Hall–Kier alpha value is -1.13. The molecule has 0 spiro atoms. The fourth-order valence-corrected chi connectivity index (χ4v) is 2.69. The van der Waals surface area contributed by atoms with Crippen molar-refractivity contribution >= 4 is 5.82 Å². The van der Waals surface area contributed by atoms with Gasteiger partial charge in [-0.05, 0) is 63.1 Å². The van der Waals surface area contributed by atoms with Crippen molar-refractivity contribution in [2.45, 2.75) is 58.0 Å². The summed E-state index contributed by atoms with van der Waals surface area (Å²) >= 11 is 0. The zero-order valence-corrected chi connectivity index (χ0v) is 14.2. The summed E-state index contributed by atoms with van der Waals surface area (Å²) in [6, 6.07) is 4.36. The van der Waals surface area contributed by atoms with Gasteiger partial charge >= 0.3 is 0 Å². The summed E-state index contributed by atoms with van der Waals surface area (Å²) in [5, 5.41) is 6.65. The van der Waals surface area contributed by atoms with Crippen LogP contribution >= 0.6 is 0 Å². The highest BCUT2D eigenvalue weighted by Crippen LogP contribution is 2.21. The Kier molecular flexibility index (Phi) is 7.67. The number of rotatable bonds is 11. The Morgan fingerprint density at radius 3 is 2.77 bits per heavy atom. The van der Waals surface area contributed by atoms with Crippen LogP contribution in [-0.2, 0) is 17.6 Å². The van der Waals surface area contributed by atoms with E-state index in [-0.39, 0.29) is 0 Å². The minimum Gasteiger partial charge on any atom is -0.377 e. The number of nitrogens with zero attached hydrogens (tertiary/aromatic N) is 1. The molecule has 0 amide bonds. The minimum atomic E-state index is 0.556. The van der Waals surface area contributed by atoms with Gasteiger partial charge in [0.2, 0.25) is 0 Å². The molecule has 1 aromatic heterocycles. The van der Waals surface area contributed by atoms with Gasteiger partial charge in [-0.15, -0.1) is 0 Å². The fraction of sp³-hybridized carbons (Fsp3) is 0.722. The van der Waals surface area contributed by atoms with Crippen LogP contribution in [0.15, 0.2) is 12.1 Å². The first-order chi connectivity index (χ1) is 10.8. The number of hydrogen-bond donors (Lipinski definition) is 2. The van der Waals surface area contributed by atoms with Crippen molar-refractivity contribution in [1.29, 1.82) is 0 Å². The molecule has 0 aromatic carbocycles. The van der Waals surface area contributed by atoms with Crippen LogP contribution in [0.2, 0.25) is 0 Å². The van der Waals surface area contributed by atoms with Crippen LogP contribution in [0.3, 0.4) is 0 Å². The number of anilines is 1. The fourth-order valence-electron chi connectivity index (χ4n) is 2.69. The van der Waals surface area contributed by atoms with E-state index in [1.165, 1.54) is 43.4 Å². The van der Waals surface area contributed by atoms with E-state index < -0.39 is 0 Å². The molecule has 0 aliphatic heterocycles. The van der Waals surface area contributed by atoms with E-state index in [9.17, 15) is 0 Å². The molecule has 0 atom stereocenters. The molecule has 4 heteroatoms. The average molecular weight is 305 g/mol. The molecule has 1 aliphatic carbocycles. The predicted octanol–water partition coefficient (Wildman–Crippen LogP) is 3.17. The van der Waals surface area contributed by atoms with Gasteiger partial charge in [0, 0.05) is 19.3 Å². The number of hydrogen-bond acceptors (Lipinski definition) is 4. The second-order valence-corrected chi connectivity index (χ2v) is 6.04. The van der Waals surface area contributed by atoms with Crippen LogP contribution in [0, 0.1) is 0 Å². The number of aryl methyl sites for hydroxylation is 2. The molecule has 1 aliphatic rings. The highest BCUT2D eigenvalue weighted by atomic mass is 16.5. The lowest BCUT2D eigenvalue weighted by atomic mass is 9.96. The second kappa shape index (κ2) is 9.80. The van der Waals surface area contributed by atoms with Crippen LogP contribution in [0.5, 0.6) is 0 Å². The molecule has 1 fully saturated rings. The summed E-state index contributed by atoms with van der Waals surface area (Å²) in [7, 11) is 1.95. The van der Waals surface area contributed by atoms with Crippen LogP contribution in [0.4, 0.5) is 5.82 Å². The summed E-state index contributed by atoms with van der Waals surface area (Å²) in [4.78, 5) is 4.69. The Labute approximate surface area is 135 Å². The van der Waals surface area contributed by atoms with E-state index in [1.807, 2.05) is 7.05 Å². The molecule has 2 N–H and O–H groups in total. The van der Waals surface area contributed by atoms with E-state index in [1.54, 1.807) is 0 Å². The van der Waals surface area contributed by atoms with Gasteiger partial charge in [-0.2, -0.15) is 0 Å². The monoisotopic (exact) mass is 305 g/mol. The van der Waals surface area contributed by atoms with Crippen molar-refractivity contribution in [1.82, 2.24) is 10.3 Å². The zero-order chi connectivity index (χ0) is 15.6. The van der Waals surface area contributed by atoms with Gasteiger partial charge in [-0.3, -0.25) is 0 Å². The number of nitrogens with one attached hydrogen (secondary N) is 2. The largest absolute Gasteiger partial charge is 0.377 e. The highest BCUT2D eigenvalue weighted by molar-refractivity contribution is 5.44. The molecular formula is C18H31N3O. The molecule has 22 heavy (non-hydrogen) atoms. The first-order valence-electron chi connectivity index (χ1n) is 8.82. The van der Waals surface area contributed by atoms with E-state index in [0.717, 1.165) is 38.4 Å². The van der Waals surface area contributed by atoms with Crippen LogP contribution in [0.25, 0.3) is 0 Å². The second-order valence-electron chi connectivity index (χ2n) is 6.04. The Bertz CT molecular complexity index is 432. The first kappa shape index (κ1) is 17.2. The molecule has 1 aromatic rings. The summed E-state index contributed by atoms with van der Waals surface area (Å²) in [5.74, 6) is 1.03. The Morgan fingerprint density at radius 2 is 2.09 bits per heavy atom. The summed E-state index contributed by atoms with van der Waals surface area (Å²) < 4.78 is 5.72. The Balaban J connectivity index is 1.52.